The van der Waals surface area contributed by atoms with E-state index in [1.807, 2.05) is 19.3 Å². The summed E-state index contributed by atoms with van der Waals surface area (Å²) in [6.45, 7) is 0.496. The number of H-pyrrole nitrogens is 1. The van der Waals surface area contributed by atoms with Crippen molar-refractivity contribution in [2.45, 2.75) is 25.3 Å². The smallest absolute Gasteiger partial charge is 0.150 e. The van der Waals surface area contributed by atoms with E-state index in [0.717, 1.165) is 29.7 Å². The first kappa shape index (κ1) is 17.2. The van der Waals surface area contributed by atoms with Crippen LogP contribution in [0.3, 0.4) is 0 Å². The van der Waals surface area contributed by atoms with Gasteiger partial charge in [-0.3, -0.25) is 0 Å². The molecule has 1 aliphatic rings. The van der Waals surface area contributed by atoms with Gasteiger partial charge < -0.3 is 14.6 Å². The normalized spacial score (nSPS) is 20.9. The molecule has 24 heavy (non-hydrogen) atoms. The van der Waals surface area contributed by atoms with E-state index in [1.54, 1.807) is 13.4 Å². The number of sulfone groups is 1. The fraction of sp³-hybridized carbons (Fsp3) is 0.625. The molecule has 8 heteroatoms. The minimum atomic E-state index is -2.98. The van der Waals surface area contributed by atoms with E-state index in [9.17, 15) is 8.42 Å². The molecule has 0 aliphatic heterocycles. The Bertz CT molecular complexity index is 783. The molecule has 2 aromatic rings. The first-order chi connectivity index (χ1) is 11.5. The number of nitrogens with zero attached hydrogens (tertiary/aromatic N) is 3. The fourth-order valence-electron chi connectivity index (χ4n) is 3.33. The second kappa shape index (κ2) is 7.06. The van der Waals surface area contributed by atoms with Crippen molar-refractivity contribution in [2.75, 3.05) is 37.2 Å². The van der Waals surface area contributed by atoms with Crippen molar-refractivity contribution in [3.05, 3.63) is 18.6 Å². The predicted octanol–water partition coefficient (Wildman–Crippen LogP) is 1.62. The van der Waals surface area contributed by atoms with Crippen LogP contribution in [0.25, 0.3) is 11.0 Å². The van der Waals surface area contributed by atoms with E-state index in [4.69, 9.17) is 4.74 Å². The molecule has 1 fully saturated rings. The van der Waals surface area contributed by atoms with Gasteiger partial charge in [0.1, 0.15) is 17.8 Å². The SMILES string of the molecule is COCCCS(=O)(=O)C[C@H]1C[C@@H](N(C)c2ncnc3[nH]ccc23)C1. The van der Waals surface area contributed by atoms with Crippen molar-refractivity contribution in [3.8, 4) is 0 Å². The molecule has 0 spiro atoms. The second-order valence-electron chi connectivity index (χ2n) is 6.50. The fourth-order valence-corrected chi connectivity index (χ4v) is 5.05. The third-order valence-electron chi connectivity index (χ3n) is 4.72. The highest BCUT2D eigenvalue weighted by Crippen LogP contribution is 2.35. The number of hydrogen-bond donors (Lipinski definition) is 1. The summed E-state index contributed by atoms with van der Waals surface area (Å²) in [4.78, 5) is 13.8. The van der Waals surface area contributed by atoms with Crippen LogP contribution in [0, 0.1) is 5.92 Å². The summed E-state index contributed by atoms with van der Waals surface area (Å²) in [6.07, 6.45) is 5.75. The van der Waals surface area contributed by atoms with Crippen molar-refractivity contribution >= 4 is 26.7 Å². The molecule has 0 saturated heterocycles. The lowest BCUT2D eigenvalue weighted by Gasteiger charge is -2.41. The number of nitrogens with one attached hydrogen (secondary N) is 1. The van der Waals surface area contributed by atoms with Gasteiger partial charge >= 0.3 is 0 Å². The number of fused-ring (bicyclic) bond motifs is 1. The molecular weight excluding hydrogens is 328 g/mol. The molecule has 3 rings (SSSR count). The summed E-state index contributed by atoms with van der Waals surface area (Å²) >= 11 is 0. The van der Waals surface area contributed by atoms with Crippen LogP contribution in [0.2, 0.25) is 0 Å². The lowest BCUT2D eigenvalue weighted by molar-refractivity contribution is 0.199. The largest absolute Gasteiger partial charge is 0.385 e. The molecule has 2 heterocycles. The summed E-state index contributed by atoms with van der Waals surface area (Å²) in [7, 11) is 0.625. The van der Waals surface area contributed by atoms with Gasteiger partial charge in [0.2, 0.25) is 0 Å². The third-order valence-corrected chi connectivity index (χ3v) is 6.61. The molecular formula is C16H24N4O3S. The van der Waals surface area contributed by atoms with Crippen LogP contribution in [0.1, 0.15) is 19.3 Å². The molecule has 1 aliphatic carbocycles. The summed E-state index contributed by atoms with van der Waals surface area (Å²) in [5.41, 5.74) is 0.823. The molecule has 0 radical (unpaired) electrons. The Morgan fingerprint density at radius 2 is 2.17 bits per heavy atom. The Labute approximate surface area is 142 Å². The number of hydrogen-bond acceptors (Lipinski definition) is 6. The van der Waals surface area contributed by atoms with Gasteiger partial charge in [-0.05, 0) is 31.2 Å². The molecule has 132 valence electrons. The highest BCUT2D eigenvalue weighted by Gasteiger charge is 2.35. The van der Waals surface area contributed by atoms with E-state index in [-0.39, 0.29) is 17.4 Å². The van der Waals surface area contributed by atoms with Crippen LogP contribution in [0.4, 0.5) is 5.82 Å². The van der Waals surface area contributed by atoms with Crippen molar-refractivity contribution in [2.24, 2.45) is 5.92 Å². The van der Waals surface area contributed by atoms with Crippen molar-refractivity contribution < 1.29 is 13.2 Å². The standard InChI is InChI=1S/C16H24N4O3S/c1-20(16-14-4-5-17-15(14)18-11-19-16)13-8-12(9-13)10-24(21,22)7-3-6-23-2/h4-5,11-13H,3,6-10H2,1-2H3,(H,17,18,19)/t12-,13+. The Kier molecular flexibility index (Phi) is 5.05. The molecule has 0 bridgehead atoms. The maximum atomic E-state index is 12.1. The number of anilines is 1. The predicted molar refractivity (Wildman–Crippen MR) is 94.0 cm³/mol. The van der Waals surface area contributed by atoms with Crippen LogP contribution in [0.15, 0.2) is 18.6 Å². The summed E-state index contributed by atoms with van der Waals surface area (Å²) in [6, 6.07) is 2.30. The molecule has 0 unspecified atom stereocenters. The van der Waals surface area contributed by atoms with E-state index in [1.165, 1.54) is 0 Å². The van der Waals surface area contributed by atoms with E-state index >= 15 is 0 Å². The quantitative estimate of drug-likeness (QED) is 0.727. The van der Waals surface area contributed by atoms with Crippen molar-refractivity contribution in [3.63, 3.8) is 0 Å². The topological polar surface area (TPSA) is 88.2 Å². The summed E-state index contributed by atoms with van der Waals surface area (Å²) in [5, 5.41) is 0.996. The van der Waals surface area contributed by atoms with Crippen LogP contribution < -0.4 is 4.90 Å². The Morgan fingerprint density at radius 3 is 2.92 bits per heavy atom. The van der Waals surface area contributed by atoms with E-state index in [2.05, 4.69) is 19.9 Å². The van der Waals surface area contributed by atoms with E-state index < -0.39 is 9.84 Å². The lowest BCUT2D eigenvalue weighted by atomic mass is 9.81. The average molecular weight is 352 g/mol. The van der Waals surface area contributed by atoms with Crippen molar-refractivity contribution in [1.82, 2.24) is 15.0 Å². The zero-order valence-electron chi connectivity index (χ0n) is 14.1. The van der Waals surface area contributed by atoms with E-state index in [0.29, 0.717) is 19.1 Å². The molecule has 7 nitrogen and oxygen atoms in total. The second-order valence-corrected chi connectivity index (χ2v) is 8.73. The minimum absolute atomic E-state index is 0.216. The van der Waals surface area contributed by atoms with Gasteiger partial charge in [-0.2, -0.15) is 0 Å². The zero-order valence-corrected chi connectivity index (χ0v) is 14.9. The number of ether oxygens (including phenoxy) is 1. The summed E-state index contributed by atoms with van der Waals surface area (Å²) in [5.74, 6) is 1.64. The summed E-state index contributed by atoms with van der Waals surface area (Å²) < 4.78 is 29.1. The number of methoxy groups -OCH3 is 1. The minimum Gasteiger partial charge on any atom is -0.385 e. The Hall–Kier alpha value is -1.67. The van der Waals surface area contributed by atoms with Crippen LogP contribution in [0.5, 0.6) is 0 Å². The van der Waals surface area contributed by atoms with Gasteiger partial charge in [0.25, 0.3) is 0 Å². The van der Waals surface area contributed by atoms with Gasteiger partial charge in [0.05, 0.1) is 16.9 Å². The molecule has 0 atom stereocenters. The number of aromatic amines is 1. The van der Waals surface area contributed by atoms with Gasteiger partial charge in [0.15, 0.2) is 9.84 Å². The van der Waals surface area contributed by atoms with Gasteiger partial charge in [0, 0.05) is 33.0 Å². The maximum absolute atomic E-state index is 12.1. The Balaban J connectivity index is 1.55. The Morgan fingerprint density at radius 1 is 1.38 bits per heavy atom. The first-order valence-electron chi connectivity index (χ1n) is 8.20. The highest BCUT2D eigenvalue weighted by atomic mass is 32.2. The van der Waals surface area contributed by atoms with Gasteiger partial charge in [-0.15, -0.1) is 0 Å². The van der Waals surface area contributed by atoms with Crippen LogP contribution in [-0.4, -0.2) is 61.7 Å². The third kappa shape index (κ3) is 3.70. The molecule has 2 aromatic heterocycles. The average Bonchev–Trinajstić information content (AvgIpc) is 2.98. The van der Waals surface area contributed by atoms with Crippen LogP contribution >= 0.6 is 0 Å². The molecule has 0 amide bonds. The molecule has 1 N–H and O–H groups in total. The van der Waals surface area contributed by atoms with Crippen LogP contribution in [-0.2, 0) is 14.6 Å². The van der Waals surface area contributed by atoms with Gasteiger partial charge in [-0.25, -0.2) is 18.4 Å². The van der Waals surface area contributed by atoms with Gasteiger partial charge in [-0.1, -0.05) is 0 Å². The zero-order chi connectivity index (χ0) is 17.2. The number of rotatable bonds is 8. The highest BCUT2D eigenvalue weighted by molar-refractivity contribution is 7.91. The van der Waals surface area contributed by atoms with Crippen molar-refractivity contribution in [1.29, 1.82) is 0 Å². The lowest BCUT2D eigenvalue weighted by Crippen LogP contribution is -2.45. The number of aromatic nitrogens is 3. The first-order valence-corrected chi connectivity index (χ1v) is 10.0. The molecule has 0 aromatic carbocycles. The monoisotopic (exact) mass is 352 g/mol. The maximum Gasteiger partial charge on any atom is 0.150 e. The molecule has 1 saturated carbocycles.